The Morgan fingerprint density at radius 2 is 1.81 bits per heavy atom. The van der Waals surface area contributed by atoms with Crippen molar-refractivity contribution in [1.29, 1.82) is 0 Å². The number of benzene rings is 1. The largest absolute Gasteiger partial charge is 0.381 e. The van der Waals surface area contributed by atoms with Crippen LogP contribution in [0.5, 0.6) is 0 Å². The van der Waals surface area contributed by atoms with Crippen LogP contribution in [0, 0.1) is 0 Å². The van der Waals surface area contributed by atoms with Crippen LogP contribution >= 0.6 is 0 Å². The molecule has 1 aromatic carbocycles. The predicted molar refractivity (Wildman–Crippen MR) is 84.6 cm³/mol. The summed E-state index contributed by atoms with van der Waals surface area (Å²) in [7, 11) is -3.45. The van der Waals surface area contributed by atoms with E-state index in [-0.39, 0.29) is 10.9 Å². The number of ether oxygens (including phenoxy) is 1. The van der Waals surface area contributed by atoms with Gasteiger partial charge in [0.25, 0.3) is 0 Å². The molecule has 0 bridgehead atoms. The van der Waals surface area contributed by atoms with Gasteiger partial charge in [-0.05, 0) is 37.5 Å². The second kappa shape index (κ2) is 9.15. The van der Waals surface area contributed by atoms with Gasteiger partial charge in [-0.25, -0.2) is 13.1 Å². The number of nitrogens with one attached hydrogen (secondary N) is 1. The number of hydrogen-bond donors (Lipinski definition) is 2. The zero-order valence-electron chi connectivity index (χ0n) is 12.8. The van der Waals surface area contributed by atoms with Gasteiger partial charge >= 0.3 is 0 Å². The van der Waals surface area contributed by atoms with Crippen molar-refractivity contribution in [3.63, 3.8) is 0 Å². The summed E-state index contributed by atoms with van der Waals surface area (Å²) in [6.07, 6.45) is 2.81. The molecule has 0 radical (unpaired) electrons. The van der Waals surface area contributed by atoms with Crippen LogP contribution in [-0.4, -0.2) is 28.2 Å². The summed E-state index contributed by atoms with van der Waals surface area (Å²) in [6, 6.07) is 6.55. The summed E-state index contributed by atoms with van der Waals surface area (Å²) in [5, 5.41) is 0. The average molecular weight is 314 g/mol. The summed E-state index contributed by atoms with van der Waals surface area (Å²) in [5.41, 5.74) is 6.66. The Morgan fingerprint density at radius 1 is 1.19 bits per heavy atom. The first-order valence-corrected chi connectivity index (χ1v) is 8.88. The molecule has 3 N–H and O–H groups in total. The molecule has 0 amide bonds. The van der Waals surface area contributed by atoms with Crippen molar-refractivity contribution in [1.82, 2.24) is 4.72 Å². The first-order chi connectivity index (χ1) is 9.97. The molecule has 0 aliphatic heterocycles. The standard InChI is InChI=1S/C15H26N2O3S/c1-3-4-11-20-12-5-10-17-21(18,19)15-8-6-14(7-9-15)13(2)16/h6-9,13,17H,3-5,10-12,16H2,1-2H3. The van der Waals surface area contributed by atoms with Crippen molar-refractivity contribution in [2.75, 3.05) is 19.8 Å². The fourth-order valence-electron chi connectivity index (χ4n) is 1.76. The lowest BCUT2D eigenvalue weighted by atomic mass is 10.1. The third kappa shape index (κ3) is 6.56. The number of sulfonamides is 1. The second-order valence-corrected chi connectivity index (χ2v) is 6.84. The van der Waals surface area contributed by atoms with E-state index in [9.17, 15) is 8.42 Å². The smallest absolute Gasteiger partial charge is 0.240 e. The van der Waals surface area contributed by atoms with Crippen LogP contribution in [-0.2, 0) is 14.8 Å². The zero-order chi connectivity index (χ0) is 15.7. The van der Waals surface area contributed by atoms with E-state index < -0.39 is 10.0 Å². The molecule has 21 heavy (non-hydrogen) atoms. The molecule has 120 valence electrons. The summed E-state index contributed by atoms with van der Waals surface area (Å²) in [6.45, 7) is 5.66. The van der Waals surface area contributed by atoms with Crippen molar-refractivity contribution >= 4 is 10.0 Å². The van der Waals surface area contributed by atoms with Gasteiger partial charge in [-0.3, -0.25) is 0 Å². The van der Waals surface area contributed by atoms with Crippen molar-refractivity contribution in [3.05, 3.63) is 29.8 Å². The third-order valence-electron chi connectivity index (χ3n) is 3.12. The van der Waals surface area contributed by atoms with Gasteiger partial charge in [0.2, 0.25) is 10.0 Å². The molecular weight excluding hydrogens is 288 g/mol. The van der Waals surface area contributed by atoms with E-state index in [0.717, 1.165) is 25.0 Å². The minimum atomic E-state index is -3.45. The van der Waals surface area contributed by atoms with E-state index in [0.29, 0.717) is 19.6 Å². The van der Waals surface area contributed by atoms with Crippen molar-refractivity contribution in [2.24, 2.45) is 5.73 Å². The molecule has 5 nitrogen and oxygen atoms in total. The van der Waals surface area contributed by atoms with Crippen LogP contribution in [0.4, 0.5) is 0 Å². The second-order valence-electron chi connectivity index (χ2n) is 5.07. The van der Waals surface area contributed by atoms with Crippen molar-refractivity contribution in [2.45, 2.75) is 44.0 Å². The molecule has 0 saturated heterocycles. The average Bonchev–Trinajstić information content (AvgIpc) is 2.46. The summed E-state index contributed by atoms with van der Waals surface area (Å²) in [4.78, 5) is 0.263. The molecule has 0 spiro atoms. The van der Waals surface area contributed by atoms with Crippen molar-refractivity contribution in [3.8, 4) is 0 Å². The van der Waals surface area contributed by atoms with Gasteiger partial charge in [0.1, 0.15) is 0 Å². The Kier molecular flexibility index (Phi) is 7.88. The maximum atomic E-state index is 12.1. The van der Waals surface area contributed by atoms with Crippen molar-refractivity contribution < 1.29 is 13.2 Å². The van der Waals surface area contributed by atoms with Gasteiger partial charge in [0, 0.05) is 25.8 Å². The lowest BCUT2D eigenvalue weighted by Crippen LogP contribution is -2.25. The van der Waals surface area contributed by atoms with Crippen LogP contribution in [0.3, 0.4) is 0 Å². The van der Waals surface area contributed by atoms with E-state index in [1.165, 1.54) is 0 Å². The lowest BCUT2D eigenvalue weighted by Gasteiger charge is -2.09. The summed E-state index contributed by atoms with van der Waals surface area (Å²) in [5.74, 6) is 0. The normalized spacial score (nSPS) is 13.3. The lowest BCUT2D eigenvalue weighted by molar-refractivity contribution is 0.130. The van der Waals surface area contributed by atoms with E-state index in [2.05, 4.69) is 11.6 Å². The van der Waals surface area contributed by atoms with Crippen LogP contribution in [0.1, 0.15) is 44.7 Å². The molecule has 0 aliphatic rings. The Morgan fingerprint density at radius 3 is 2.38 bits per heavy atom. The minimum absolute atomic E-state index is 0.102. The first-order valence-electron chi connectivity index (χ1n) is 7.40. The Bertz CT molecular complexity index is 498. The number of hydrogen-bond acceptors (Lipinski definition) is 4. The monoisotopic (exact) mass is 314 g/mol. The molecule has 0 saturated carbocycles. The molecule has 1 rings (SSSR count). The van der Waals surface area contributed by atoms with Gasteiger partial charge in [-0.15, -0.1) is 0 Å². The minimum Gasteiger partial charge on any atom is -0.381 e. The number of rotatable bonds is 10. The van der Waals surface area contributed by atoms with E-state index >= 15 is 0 Å². The Hall–Kier alpha value is -0.950. The summed E-state index contributed by atoms with van der Waals surface area (Å²) < 4.78 is 32.1. The molecule has 0 aliphatic carbocycles. The maximum Gasteiger partial charge on any atom is 0.240 e. The Labute approximate surface area is 127 Å². The highest BCUT2D eigenvalue weighted by molar-refractivity contribution is 7.89. The van der Waals surface area contributed by atoms with E-state index in [4.69, 9.17) is 10.5 Å². The molecule has 1 atom stereocenters. The first kappa shape index (κ1) is 18.1. The maximum absolute atomic E-state index is 12.1. The molecule has 0 fully saturated rings. The number of nitrogens with two attached hydrogens (primary N) is 1. The van der Waals surface area contributed by atoms with Gasteiger partial charge in [-0.2, -0.15) is 0 Å². The fraction of sp³-hybridized carbons (Fsp3) is 0.600. The van der Waals surface area contributed by atoms with Gasteiger partial charge in [-0.1, -0.05) is 25.5 Å². The van der Waals surface area contributed by atoms with E-state index in [1.54, 1.807) is 24.3 Å². The van der Waals surface area contributed by atoms with Crippen LogP contribution in [0.15, 0.2) is 29.2 Å². The van der Waals surface area contributed by atoms with Crippen LogP contribution in [0.25, 0.3) is 0 Å². The van der Waals surface area contributed by atoms with Gasteiger partial charge in [0.15, 0.2) is 0 Å². The molecule has 1 unspecified atom stereocenters. The fourth-order valence-corrected chi connectivity index (χ4v) is 2.84. The molecule has 6 heteroatoms. The third-order valence-corrected chi connectivity index (χ3v) is 4.59. The highest BCUT2D eigenvalue weighted by atomic mass is 32.2. The molecule has 0 aromatic heterocycles. The SMILES string of the molecule is CCCCOCCCNS(=O)(=O)c1ccc(C(C)N)cc1. The van der Waals surface area contributed by atoms with E-state index in [1.807, 2.05) is 6.92 Å². The quantitative estimate of drug-likeness (QED) is 0.649. The number of unbranched alkanes of at least 4 members (excludes halogenated alkanes) is 1. The molecule has 0 heterocycles. The highest BCUT2D eigenvalue weighted by Gasteiger charge is 2.13. The Balaban J connectivity index is 2.39. The van der Waals surface area contributed by atoms with Gasteiger partial charge < -0.3 is 10.5 Å². The molecule has 1 aromatic rings. The molecular formula is C15H26N2O3S. The highest BCUT2D eigenvalue weighted by Crippen LogP contribution is 2.14. The topological polar surface area (TPSA) is 81.4 Å². The predicted octanol–water partition coefficient (Wildman–Crippen LogP) is 2.19. The summed E-state index contributed by atoms with van der Waals surface area (Å²) >= 11 is 0. The van der Waals surface area contributed by atoms with Crippen LogP contribution in [0.2, 0.25) is 0 Å². The van der Waals surface area contributed by atoms with Crippen LogP contribution < -0.4 is 10.5 Å². The van der Waals surface area contributed by atoms with Gasteiger partial charge in [0.05, 0.1) is 4.90 Å². The zero-order valence-corrected chi connectivity index (χ0v) is 13.7.